The molecular weight excluding hydrogens is 1850 g/mol. The van der Waals surface area contributed by atoms with Crippen LogP contribution in [-0.2, 0) is 16.2 Å². The average Bonchev–Trinajstić information content (AvgIpc) is 1.50. The van der Waals surface area contributed by atoms with E-state index in [9.17, 15) is 0 Å². The first kappa shape index (κ1) is 86.2. The van der Waals surface area contributed by atoms with Gasteiger partial charge >= 0.3 is 0 Å². The monoisotopic (exact) mass is 1940 g/mol. The summed E-state index contributed by atoms with van der Waals surface area (Å²) >= 11 is 25.3. The van der Waals surface area contributed by atoms with Crippen LogP contribution >= 0.6 is 46.4 Å². The molecule has 686 valence electrons. The molecule has 145 heavy (non-hydrogen) atoms. The van der Waals surface area contributed by atoms with Gasteiger partial charge in [-0.05, 0) is 290 Å². The van der Waals surface area contributed by atoms with Gasteiger partial charge in [0.05, 0.1) is 32.2 Å². The topological polar surface area (TPSA) is 57.5 Å². The second kappa shape index (κ2) is 33.5. The Balaban J connectivity index is 0.0000000939. The summed E-state index contributed by atoms with van der Waals surface area (Å²) in [5.74, 6) is 0. The molecule has 5 aromatic heterocycles. The predicted octanol–water partition coefficient (Wildman–Crippen LogP) is 39.5. The van der Waals surface area contributed by atoms with Crippen molar-refractivity contribution in [1.82, 2.24) is 4.57 Å². The zero-order valence-corrected chi connectivity index (χ0v) is 82.0. The van der Waals surface area contributed by atoms with Gasteiger partial charge in [0.25, 0.3) is 0 Å². The molecule has 0 aliphatic heterocycles. The van der Waals surface area contributed by atoms with Gasteiger partial charge in [0.2, 0.25) is 0 Å². The number of aromatic nitrogens is 1. The van der Waals surface area contributed by atoms with Gasteiger partial charge in [-0.1, -0.05) is 388 Å². The van der Waals surface area contributed by atoms with Crippen molar-refractivity contribution >= 4 is 167 Å². The predicted molar refractivity (Wildman–Crippen MR) is 605 cm³/mol. The van der Waals surface area contributed by atoms with E-state index in [0.717, 1.165) is 121 Å². The van der Waals surface area contributed by atoms with Crippen LogP contribution in [0.15, 0.2) is 479 Å². The molecule has 0 saturated carbocycles. The van der Waals surface area contributed by atoms with E-state index in [1.54, 1.807) is 0 Å². The zero-order valence-electron chi connectivity index (χ0n) is 79.0. The van der Waals surface area contributed by atoms with E-state index in [1.165, 1.54) is 161 Å². The highest BCUT2D eigenvalue weighted by atomic mass is 35.5. The molecule has 22 aromatic carbocycles. The summed E-state index contributed by atoms with van der Waals surface area (Å²) in [7, 11) is 0. The van der Waals surface area contributed by atoms with Crippen molar-refractivity contribution in [1.29, 1.82) is 0 Å². The Kier molecular flexibility index (Phi) is 19.9. The number of benzene rings is 22. The Labute approximate surface area is 856 Å². The molecule has 5 nitrogen and oxygen atoms in total. The van der Waals surface area contributed by atoms with Gasteiger partial charge in [-0.3, -0.25) is 0 Å². The molecule has 1 unspecified atom stereocenters. The van der Waals surface area contributed by atoms with Crippen molar-refractivity contribution in [2.45, 2.75) is 37.0 Å². The SMILES string of the molecule is CC1(C)c2ccccc2-c2cc(-c3ccc4oc5cc(-c6ccc(Cl)cc6)ccc5c4c3)ccc21.CC1(c2ccccc2)c2ccccc2-c2cccc(-c3ccc4oc5c(Cl)cccc5c4c3)c21.Clc1ccc2c(c1)oc1cc(-c3ccc4c5ccccc5n(-c5cccc6ccccc56)c4c3)ccc12.Clc1cccc2oc3ccc(-c4cccc5c4-c4ccccc4C54c5ccccc5-c5ccccc54)cc3c12. The summed E-state index contributed by atoms with van der Waals surface area (Å²) in [5.41, 5.74) is 44.3. The molecule has 27 aromatic rings. The van der Waals surface area contributed by atoms with Crippen LogP contribution in [0, 0.1) is 0 Å². The largest absolute Gasteiger partial charge is 0.456 e. The van der Waals surface area contributed by atoms with E-state index in [0.29, 0.717) is 15.1 Å². The summed E-state index contributed by atoms with van der Waals surface area (Å²) in [6.45, 7) is 7.00. The summed E-state index contributed by atoms with van der Waals surface area (Å²) in [6.07, 6.45) is 0. The third-order valence-corrected chi connectivity index (χ3v) is 32.3. The van der Waals surface area contributed by atoms with Crippen molar-refractivity contribution in [2.24, 2.45) is 0 Å². The minimum atomic E-state index is -0.342. The van der Waals surface area contributed by atoms with Crippen LogP contribution in [0.3, 0.4) is 0 Å². The summed E-state index contributed by atoms with van der Waals surface area (Å²) in [5, 5.41) is 16.3. The Morgan fingerprint density at radius 1 is 0.221 bits per heavy atom. The average molecular weight is 1940 g/mol. The number of para-hydroxylation sites is 2. The fourth-order valence-electron chi connectivity index (χ4n) is 24.6. The van der Waals surface area contributed by atoms with E-state index < -0.39 is 0 Å². The number of hydrogen-bond acceptors (Lipinski definition) is 4. The number of nitrogens with zero attached hydrogens (tertiary/aromatic N) is 1. The lowest BCUT2D eigenvalue weighted by atomic mass is 9.70. The number of hydrogen-bond donors (Lipinski definition) is 0. The first-order valence-corrected chi connectivity index (χ1v) is 50.7. The van der Waals surface area contributed by atoms with Crippen LogP contribution in [0.5, 0.6) is 0 Å². The summed E-state index contributed by atoms with van der Waals surface area (Å²) < 4.78 is 27.1. The molecule has 31 rings (SSSR count). The molecule has 4 aliphatic carbocycles. The van der Waals surface area contributed by atoms with Gasteiger partial charge in [0.1, 0.15) is 39.1 Å². The zero-order chi connectivity index (χ0) is 96.8. The van der Waals surface area contributed by atoms with Crippen molar-refractivity contribution in [2.75, 3.05) is 0 Å². The van der Waals surface area contributed by atoms with E-state index in [1.807, 2.05) is 72.8 Å². The molecule has 0 fully saturated rings. The third-order valence-electron chi connectivity index (χ3n) is 31.2. The lowest BCUT2D eigenvalue weighted by molar-refractivity contribution is 0.660. The van der Waals surface area contributed by atoms with E-state index >= 15 is 0 Å². The fraction of sp³-hybridized carbons (Fsp3) is 0.0441. The van der Waals surface area contributed by atoms with Gasteiger partial charge in [0.15, 0.2) is 5.58 Å². The Morgan fingerprint density at radius 3 is 1.41 bits per heavy atom. The molecule has 5 heterocycles. The number of furan rings is 4. The van der Waals surface area contributed by atoms with Gasteiger partial charge < -0.3 is 22.2 Å². The molecule has 1 atom stereocenters. The number of rotatable bonds is 7. The maximum atomic E-state index is 6.65. The highest BCUT2D eigenvalue weighted by Crippen LogP contribution is 2.65. The van der Waals surface area contributed by atoms with Crippen LogP contribution in [0.4, 0.5) is 0 Å². The third kappa shape index (κ3) is 13.4. The Hall–Kier alpha value is -16.7. The molecule has 0 saturated heterocycles. The van der Waals surface area contributed by atoms with Gasteiger partial charge in [-0.2, -0.15) is 0 Å². The molecule has 9 heteroatoms. The maximum absolute atomic E-state index is 6.65. The Bertz CT molecular complexity index is 10100. The molecule has 0 N–H and O–H groups in total. The van der Waals surface area contributed by atoms with E-state index in [-0.39, 0.29) is 16.2 Å². The molecule has 4 aliphatic rings. The first-order chi connectivity index (χ1) is 71.2. The van der Waals surface area contributed by atoms with Crippen molar-refractivity contribution in [3.63, 3.8) is 0 Å². The van der Waals surface area contributed by atoms with Crippen LogP contribution < -0.4 is 0 Å². The highest BCUT2D eigenvalue weighted by molar-refractivity contribution is 6.38. The minimum Gasteiger partial charge on any atom is -0.456 e. The lowest BCUT2D eigenvalue weighted by Gasteiger charge is -2.30. The van der Waals surface area contributed by atoms with Crippen molar-refractivity contribution < 1.29 is 17.7 Å². The van der Waals surface area contributed by atoms with E-state index in [4.69, 9.17) is 64.1 Å². The van der Waals surface area contributed by atoms with E-state index in [2.05, 4.69) is 414 Å². The van der Waals surface area contributed by atoms with Crippen LogP contribution in [0.25, 0.3) is 226 Å². The minimum absolute atomic E-state index is 0.0248. The van der Waals surface area contributed by atoms with Crippen LogP contribution in [-0.4, -0.2) is 4.57 Å². The molecular formula is C136H85Cl4NO4. The summed E-state index contributed by atoms with van der Waals surface area (Å²) in [6, 6.07) is 164. The normalized spacial score (nSPS) is 14.0. The quantitative estimate of drug-likeness (QED) is 0.160. The van der Waals surface area contributed by atoms with Gasteiger partial charge in [-0.25, -0.2) is 0 Å². The van der Waals surface area contributed by atoms with Crippen molar-refractivity contribution in [3.05, 3.63) is 531 Å². The lowest BCUT2D eigenvalue weighted by Crippen LogP contribution is -2.25. The molecule has 0 bridgehead atoms. The van der Waals surface area contributed by atoms with Crippen molar-refractivity contribution in [3.8, 4) is 106 Å². The second-order valence-electron chi connectivity index (χ2n) is 39.2. The van der Waals surface area contributed by atoms with Crippen LogP contribution in [0.2, 0.25) is 20.1 Å². The molecule has 1 spiro atoms. The number of halogens is 4. The number of fused-ring (bicyclic) bond motifs is 32. The highest BCUT2D eigenvalue weighted by Gasteiger charge is 2.52. The fourth-order valence-corrected chi connectivity index (χ4v) is 25.4. The Morgan fingerprint density at radius 2 is 0.655 bits per heavy atom. The van der Waals surface area contributed by atoms with Crippen LogP contribution in [0.1, 0.15) is 70.8 Å². The first-order valence-electron chi connectivity index (χ1n) is 49.2. The molecule has 0 radical (unpaired) electrons. The second-order valence-corrected chi connectivity index (χ2v) is 40.9. The standard InChI is InChI=1S/C37H21ClO.C34H20ClNO.C33H23ClO.C32H21ClO/c38-32-17-8-18-34-36(32)27-21-22(19-20-33(27)39-34)23-12-7-16-31-35(23)26-11-3-6-15-30(26)37(31)28-13-4-1-9-24(28)25-10-2-5-14-29(25)37;35-24-14-17-29-28-16-13-23(19-33(28)37-34(29)20-24)22-12-15-27-26-9-3-4-10-31(26)36(32(27)18-22)30-11-5-7-21-6-1-2-8-25(21)30;1-33(2)29-6-4-3-5-25(29)27-17-21(10-15-30(27)33)22-11-16-31-28(18-22)26-14-9-23(19-32(26)35-31)20-7-12-24(34)13-8-20;1-32(21-9-3-2-4-10-21)27-15-6-5-11-23(27)24-13-7-12-22(30(24)32)20-17-18-29-26(19-20)25-14-8-16-28(33)31(25)34-29/h1-21H;1-20H;3-19H,1-2H3;2-19H,1H3. The van der Waals surface area contributed by atoms with Gasteiger partial charge in [-0.15, -0.1) is 0 Å². The smallest absolute Gasteiger partial charge is 0.153 e. The summed E-state index contributed by atoms with van der Waals surface area (Å²) in [4.78, 5) is 0. The van der Waals surface area contributed by atoms with Gasteiger partial charge in [0, 0.05) is 86.2 Å². The molecule has 0 amide bonds. The maximum Gasteiger partial charge on any atom is 0.153 e.